The summed E-state index contributed by atoms with van der Waals surface area (Å²) in [6, 6.07) is 5.22. The van der Waals surface area contributed by atoms with Gasteiger partial charge >= 0.3 is 0 Å². The van der Waals surface area contributed by atoms with E-state index in [2.05, 4.69) is 4.72 Å². The number of ether oxygens (including phenoxy) is 1. The maximum atomic E-state index is 12.5. The Labute approximate surface area is 126 Å². The Morgan fingerprint density at radius 1 is 1.38 bits per heavy atom. The summed E-state index contributed by atoms with van der Waals surface area (Å²) in [6.07, 6.45) is 3.01. The van der Waals surface area contributed by atoms with Crippen LogP contribution in [0.15, 0.2) is 23.1 Å². The molecule has 118 valence electrons. The molecule has 2 rings (SSSR count). The van der Waals surface area contributed by atoms with E-state index in [0.29, 0.717) is 24.6 Å². The van der Waals surface area contributed by atoms with Crippen LogP contribution >= 0.6 is 0 Å². The number of methoxy groups -OCH3 is 1. The third-order valence-corrected chi connectivity index (χ3v) is 5.88. The lowest BCUT2D eigenvalue weighted by atomic mass is 10.0. The van der Waals surface area contributed by atoms with Crippen molar-refractivity contribution in [2.24, 2.45) is 11.1 Å². The van der Waals surface area contributed by atoms with Gasteiger partial charge in [-0.25, -0.2) is 13.1 Å². The molecule has 3 N–H and O–H groups in total. The molecular formula is C15H24N2O3S. The van der Waals surface area contributed by atoms with Crippen LogP contribution in [0.5, 0.6) is 0 Å². The van der Waals surface area contributed by atoms with Crippen molar-refractivity contribution in [1.29, 1.82) is 0 Å². The van der Waals surface area contributed by atoms with E-state index in [-0.39, 0.29) is 5.41 Å². The van der Waals surface area contributed by atoms with E-state index in [1.54, 1.807) is 26.2 Å². The fourth-order valence-corrected chi connectivity index (χ4v) is 3.95. The average Bonchev–Trinajstić information content (AvgIpc) is 3.24. The highest BCUT2D eigenvalue weighted by atomic mass is 32.2. The lowest BCUT2D eigenvalue weighted by molar-refractivity contribution is 0.173. The van der Waals surface area contributed by atoms with Gasteiger partial charge in [-0.05, 0) is 48.8 Å². The zero-order valence-corrected chi connectivity index (χ0v) is 13.5. The summed E-state index contributed by atoms with van der Waals surface area (Å²) >= 11 is 0. The molecule has 1 aliphatic carbocycles. The van der Waals surface area contributed by atoms with Gasteiger partial charge < -0.3 is 10.5 Å². The number of sulfonamides is 1. The van der Waals surface area contributed by atoms with Gasteiger partial charge in [0.05, 0.1) is 4.90 Å². The van der Waals surface area contributed by atoms with Gasteiger partial charge in [0.1, 0.15) is 0 Å². The Morgan fingerprint density at radius 3 is 2.67 bits per heavy atom. The smallest absolute Gasteiger partial charge is 0.240 e. The molecule has 0 radical (unpaired) electrons. The van der Waals surface area contributed by atoms with Crippen LogP contribution in [0, 0.1) is 12.3 Å². The first-order valence-electron chi connectivity index (χ1n) is 7.21. The molecule has 1 aromatic rings. The summed E-state index contributed by atoms with van der Waals surface area (Å²) < 4.78 is 32.8. The number of rotatable bonds is 8. The molecule has 0 unspecified atom stereocenters. The van der Waals surface area contributed by atoms with Crippen LogP contribution in [0.25, 0.3) is 0 Å². The van der Waals surface area contributed by atoms with Crippen LogP contribution in [-0.4, -0.2) is 28.7 Å². The third-order valence-electron chi connectivity index (χ3n) is 4.34. The number of benzene rings is 1. The van der Waals surface area contributed by atoms with Crippen LogP contribution in [0.1, 0.15) is 30.4 Å². The van der Waals surface area contributed by atoms with Crippen molar-refractivity contribution in [2.45, 2.75) is 37.6 Å². The van der Waals surface area contributed by atoms with E-state index in [0.717, 1.165) is 30.4 Å². The minimum atomic E-state index is -3.49. The highest BCUT2D eigenvalue weighted by molar-refractivity contribution is 7.89. The minimum absolute atomic E-state index is 0.0858. The summed E-state index contributed by atoms with van der Waals surface area (Å²) in [5, 5.41) is 0. The monoisotopic (exact) mass is 312 g/mol. The quantitative estimate of drug-likeness (QED) is 0.763. The molecule has 21 heavy (non-hydrogen) atoms. The molecule has 1 aromatic carbocycles. The highest BCUT2D eigenvalue weighted by Gasteiger charge is 2.42. The standard InChI is InChI=1S/C15H24N2O3S/c1-12-13(10-16)4-3-5-14(12)21(18,19)17-11-15(6-7-15)8-9-20-2/h3-5,17H,6-11,16H2,1-2H3. The van der Waals surface area contributed by atoms with E-state index in [9.17, 15) is 8.42 Å². The second kappa shape index (κ2) is 6.44. The Balaban J connectivity index is 2.09. The van der Waals surface area contributed by atoms with Crippen molar-refractivity contribution in [3.05, 3.63) is 29.3 Å². The normalized spacial score (nSPS) is 16.9. The minimum Gasteiger partial charge on any atom is -0.385 e. The van der Waals surface area contributed by atoms with Crippen molar-refractivity contribution < 1.29 is 13.2 Å². The van der Waals surface area contributed by atoms with E-state index in [1.165, 1.54) is 0 Å². The van der Waals surface area contributed by atoms with E-state index < -0.39 is 10.0 Å². The zero-order valence-electron chi connectivity index (χ0n) is 12.7. The number of hydrogen-bond acceptors (Lipinski definition) is 4. The fraction of sp³-hybridized carbons (Fsp3) is 0.600. The Bertz CT molecular complexity index is 595. The van der Waals surface area contributed by atoms with E-state index in [1.807, 2.05) is 6.07 Å². The van der Waals surface area contributed by atoms with Crippen molar-refractivity contribution in [3.63, 3.8) is 0 Å². The molecule has 0 atom stereocenters. The molecule has 0 aromatic heterocycles. The van der Waals surface area contributed by atoms with Gasteiger partial charge in [0.15, 0.2) is 0 Å². The molecule has 5 nitrogen and oxygen atoms in total. The lowest BCUT2D eigenvalue weighted by Gasteiger charge is -2.17. The van der Waals surface area contributed by atoms with E-state index in [4.69, 9.17) is 10.5 Å². The van der Waals surface area contributed by atoms with E-state index >= 15 is 0 Å². The Hall–Kier alpha value is -0.950. The van der Waals surface area contributed by atoms with Gasteiger partial charge in [0.2, 0.25) is 10.0 Å². The summed E-state index contributed by atoms with van der Waals surface area (Å²) in [4.78, 5) is 0.327. The summed E-state index contributed by atoms with van der Waals surface area (Å²) in [5.74, 6) is 0. The van der Waals surface area contributed by atoms with Crippen molar-refractivity contribution in [3.8, 4) is 0 Å². The predicted octanol–water partition coefficient (Wildman–Crippen LogP) is 1.55. The molecule has 0 saturated heterocycles. The molecule has 1 fully saturated rings. The summed E-state index contributed by atoms with van der Waals surface area (Å²) in [7, 11) is -1.82. The van der Waals surface area contributed by atoms with Gasteiger partial charge in [-0.15, -0.1) is 0 Å². The topological polar surface area (TPSA) is 81.4 Å². The van der Waals surface area contributed by atoms with Crippen molar-refractivity contribution in [2.75, 3.05) is 20.3 Å². The zero-order chi connectivity index (χ0) is 15.5. The molecule has 0 bridgehead atoms. The maximum absolute atomic E-state index is 12.5. The second-order valence-electron chi connectivity index (χ2n) is 5.81. The van der Waals surface area contributed by atoms with Gasteiger partial charge in [0.25, 0.3) is 0 Å². The SMILES string of the molecule is COCCC1(CNS(=O)(=O)c2cccc(CN)c2C)CC1. The molecule has 0 amide bonds. The first-order valence-corrected chi connectivity index (χ1v) is 8.70. The van der Waals surface area contributed by atoms with Gasteiger partial charge in [-0.3, -0.25) is 0 Å². The predicted molar refractivity (Wildman–Crippen MR) is 82.4 cm³/mol. The molecular weight excluding hydrogens is 288 g/mol. The number of nitrogens with one attached hydrogen (secondary N) is 1. The lowest BCUT2D eigenvalue weighted by Crippen LogP contribution is -2.31. The van der Waals surface area contributed by atoms with Crippen molar-refractivity contribution >= 4 is 10.0 Å². The van der Waals surface area contributed by atoms with Gasteiger partial charge in [0, 0.05) is 26.8 Å². The Kier molecular flexibility index (Phi) is 5.03. The third kappa shape index (κ3) is 3.83. The van der Waals surface area contributed by atoms with Crippen LogP contribution in [0.3, 0.4) is 0 Å². The molecule has 0 aliphatic heterocycles. The van der Waals surface area contributed by atoms with Crippen LogP contribution in [0.2, 0.25) is 0 Å². The van der Waals surface area contributed by atoms with Gasteiger partial charge in [-0.1, -0.05) is 12.1 Å². The maximum Gasteiger partial charge on any atom is 0.240 e. The largest absolute Gasteiger partial charge is 0.385 e. The van der Waals surface area contributed by atoms with Crippen LogP contribution < -0.4 is 10.5 Å². The van der Waals surface area contributed by atoms with Crippen LogP contribution in [-0.2, 0) is 21.3 Å². The molecule has 1 saturated carbocycles. The van der Waals surface area contributed by atoms with Gasteiger partial charge in [-0.2, -0.15) is 0 Å². The first-order chi connectivity index (χ1) is 9.94. The summed E-state index contributed by atoms with van der Waals surface area (Å²) in [5.41, 5.74) is 7.32. The number of hydrogen-bond donors (Lipinski definition) is 2. The van der Waals surface area contributed by atoms with Crippen molar-refractivity contribution in [1.82, 2.24) is 4.72 Å². The fourth-order valence-electron chi connectivity index (χ4n) is 2.51. The molecule has 0 heterocycles. The first kappa shape index (κ1) is 16.4. The molecule has 1 aliphatic rings. The molecule has 0 spiro atoms. The Morgan fingerprint density at radius 2 is 2.10 bits per heavy atom. The second-order valence-corrected chi connectivity index (χ2v) is 7.55. The highest BCUT2D eigenvalue weighted by Crippen LogP contribution is 2.48. The van der Waals surface area contributed by atoms with Crippen LogP contribution in [0.4, 0.5) is 0 Å². The summed E-state index contributed by atoms with van der Waals surface area (Å²) in [6.45, 7) is 3.29. The number of nitrogens with two attached hydrogens (primary N) is 1. The molecule has 6 heteroatoms. The average molecular weight is 312 g/mol.